The van der Waals surface area contributed by atoms with Gasteiger partial charge in [0.05, 0.1) is 0 Å². The summed E-state index contributed by atoms with van der Waals surface area (Å²) in [6.45, 7) is 4.69. The molecule has 12 rings (SSSR count). The molecule has 10 aromatic carbocycles. The zero-order chi connectivity index (χ0) is 42.8. The second-order valence-electron chi connectivity index (χ2n) is 17.2. The van der Waals surface area contributed by atoms with Crippen molar-refractivity contribution in [3.63, 3.8) is 0 Å². The van der Waals surface area contributed by atoms with Gasteiger partial charge in [0.2, 0.25) is 5.89 Å². The van der Waals surface area contributed by atoms with E-state index in [2.05, 4.69) is 231 Å². The van der Waals surface area contributed by atoms with E-state index in [1.165, 1.54) is 41.8 Å². The van der Waals surface area contributed by atoms with E-state index in [4.69, 9.17) is 9.40 Å². The van der Waals surface area contributed by atoms with Gasteiger partial charge in [-0.25, -0.2) is 4.98 Å². The van der Waals surface area contributed by atoms with Crippen LogP contribution in [0, 0.1) is 0 Å². The number of anilines is 3. The third-order valence-electron chi connectivity index (χ3n) is 13.2. The van der Waals surface area contributed by atoms with Crippen molar-refractivity contribution >= 4 is 59.7 Å². The smallest absolute Gasteiger partial charge is 0.227 e. The van der Waals surface area contributed by atoms with E-state index in [-0.39, 0.29) is 5.41 Å². The molecular weight excluding hydrogens is 797 g/mol. The maximum atomic E-state index is 6.71. The molecule has 0 saturated carbocycles. The lowest BCUT2D eigenvalue weighted by Gasteiger charge is -2.42. The Morgan fingerprint density at radius 2 is 0.969 bits per heavy atom. The van der Waals surface area contributed by atoms with Gasteiger partial charge in [-0.05, 0) is 135 Å². The highest BCUT2D eigenvalue weighted by Crippen LogP contribution is 2.73. The van der Waals surface area contributed by atoms with Crippen LogP contribution < -0.4 is 4.90 Å². The van der Waals surface area contributed by atoms with Crippen molar-refractivity contribution in [2.45, 2.75) is 38.8 Å². The quantitative estimate of drug-likeness (QED) is 0.143. The van der Waals surface area contributed by atoms with Gasteiger partial charge in [-0.15, -0.1) is 10.0 Å². The summed E-state index contributed by atoms with van der Waals surface area (Å²) in [5.74, 6) is 0.622. The summed E-state index contributed by atoms with van der Waals surface area (Å²) in [5, 5.41) is 4.42. The molecule has 1 heterocycles. The first-order chi connectivity index (χ1) is 31.5. The molecule has 11 aromatic rings. The lowest BCUT2D eigenvalue weighted by atomic mass is 9.82. The first kappa shape index (κ1) is 38.0. The van der Waals surface area contributed by atoms with Crippen molar-refractivity contribution in [2.24, 2.45) is 0 Å². The fourth-order valence-electron chi connectivity index (χ4n) is 10.2. The first-order valence-corrected chi connectivity index (χ1v) is 23.6. The van der Waals surface area contributed by atoms with Gasteiger partial charge < -0.3 is 9.32 Å². The number of aromatic nitrogens is 1. The van der Waals surface area contributed by atoms with Gasteiger partial charge in [-0.3, -0.25) is 0 Å². The van der Waals surface area contributed by atoms with Gasteiger partial charge in [-0.2, -0.15) is 0 Å². The van der Waals surface area contributed by atoms with E-state index >= 15 is 0 Å². The fourth-order valence-corrected chi connectivity index (χ4v) is 14.1. The molecular formula is C60H44N2OS. The highest BCUT2D eigenvalue weighted by molar-refractivity contribution is 8.34. The van der Waals surface area contributed by atoms with Crippen molar-refractivity contribution in [1.82, 2.24) is 4.98 Å². The van der Waals surface area contributed by atoms with E-state index in [1.54, 1.807) is 0 Å². The Morgan fingerprint density at radius 1 is 0.438 bits per heavy atom. The molecule has 306 valence electrons. The molecule has 64 heavy (non-hydrogen) atoms. The number of hydrogen-bond acceptors (Lipinski definition) is 3. The number of hydrogen-bond donors (Lipinski definition) is 0. The third kappa shape index (κ3) is 5.94. The summed E-state index contributed by atoms with van der Waals surface area (Å²) < 4.78 is 6.71. The molecule has 1 aliphatic carbocycles. The van der Waals surface area contributed by atoms with E-state index in [1.807, 2.05) is 18.2 Å². The van der Waals surface area contributed by atoms with Crippen molar-refractivity contribution in [3.05, 3.63) is 242 Å². The van der Waals surface area contributed by atoms with E-state index in [0.29, 0.717) is 5.89 Å². The Kier molecular flexibility index (Phi) is 8.92. The number of oxazole rings is 1. The Morgan fingerprint density at radius 3 is 1.67 bits per heavy atom. The van der Waals surface area contributed by atoms with Crippen LogP contribution in [0.25, 0.3) is 55.2 Å². The number of nitrogens with zero attached hydrogens (tertiary/aromatic N) is 2. The second-order valence-corrected chi connectivity index (χ2v) is 20.3. The van der Waals surface area contributed by atoms with Gasteiger partial charge in [0, 0.05) is 53.0 Å². The van der Waals surface area contributed by atoms with Crippen molar-refractivity contribution in [1.29, 1.82) is 0 Å². The van der Waals surface area contributed by atoms with Gasteiger partial charge in [-0.1, -0.05) is 147 Å². The summed E-state index contributed by atoms with van der Waals surface area (Å²) in [5.41, 5.74) is 11.0. The van der Waals surface area contributed by atoms with Crippen molar-refractivity contribution in [2.75, 3.05) is 4.90 Å². The number of benzene rings is 10. The summed E-state index contributed by atoms with van der Waals surface area (Å²) >= 11 is 0. The highest BCUT2D eigenvalue weighted by atomic mass is 32.3. The molecule has 0 aliphatic heterocycles. The molecule has 0 fully saturated rings. The first-order valence-electron chi connectivity index (χ1n) is 21.9. The Bertz CT molecular complexity index is 3430. The topological polar surface area (TPSA) is 29.3 Å². The third-order valence-corrected chi connectivity index (χ3v) is 17.1. The van der Waals surface area contributed by atoms with E-state index in [9.17, 15) is 0 Å². The minimum Gasteiger partial charge on any atom is -0.435 e. The van der Waals surface area contributed by atoms with Gasteiger partial charge in [0.1, 0.15) is 5.52 Å². The van der Waals surface area contributed by atoms with Crippen LogP contribution in [-0.2, 0) is 5.41 Å². The molecule has 0 bridgehead atoms. The Balaban J connectivity index is 1.12. The molecule has 0 radical (unpaired) electrons. The predicted octanol–water partition coefficient (Wildman–Crippen LogP) is 16.9. The van der Waals surface area contributed by atoms with Crippen LogP contribution in [-0.4, -0.2) is 4.98 Å². The summed E-state index contributed by atoms with van der Waals surface area (Å²) in [7, 11) is -1.95. The molecule has 4 heteroatoms. The average molecular weight is 841 g/mol. The zero-order valence-electron chi connectivity index (χ0n) is 35.7. The molecule has 0 saturated heterocycles. The lowest BCUT2D eigenvalue weighted by molar-refractivity contribution is 0.623. The molecule has 1 aromatic heterocycles. The Hall–Kier alpha value is -7.66. The maximum Gasteiger partial charge on any atom is 0.227 e. The minimum absolute atomic E-state index is 0.109. The van der Waals surface area contributed by atoms with Crippen LogP contribution in [0.2, 0.25) is 0 Å². The molecule has 0 amide bonds. The van der Waals surface area contributed by atoms with Crippen LogP contribution >= 0.6 is 10.0 Å². The molecule has 0 unspecified atom stereocenters. The number of fused-ring (bicyclic) bond motifs is 8. The van der Waals surface area contributed by atoms with Crippen molar-refractivity contribution in [3.8, 4) is 22.6 Å². The van der Waals surface area contributed by atoms with Crippen LogP contribution in [0.4, 0.5) is 17.1 Å². The van der Waals surface area contributed by atoms with Gasteiger partial charge in [0.25, 0.3) is 0 Å². The summed E-state index contributed by atoms with van der Waals surface area (Å²) in [4.78, 5) is 12.6. The Labute approximate surface area is 375 Å². The maximum absolute atomic E-state index is 6.71. The number of rotatable bonds is 8. The second kappa shape index (κ2) is 15.0. The molecule has 0 spiro atoms. The van der Waals surface area contributed by atoms with Crippen LogP contribution in [0.3, 0.4) is 0 Å². The largest absolute Gasteiger partial charge is 0.435 e. The highest BCUT2D eigenvalue weighted by Gasteiger charge is 2.37. The molecule has 1 aliphatic rings. The minimum atomic E-state index is -1.95. The van der Waals surface area contributed by atoms with E-state index in [0.717, 1.165) is 55.3 Å². The van der Waals surface area contributed by atoms with Gasteiger partial charge >= 0.3 is 0 Å². The monoisotopic (exact) mass is 840 g/mol. The average Bonchev–Trinajstić information content (AvgIpc) is 3.90. The zero-order valence-corrected chi connectivity index (χ0v) is 36.5. The van der Waals surface area contributed by atoms with Crippen LogP contribution in [0.5, 0.6) is 0 Å². The van der Waals surface area contributed by atoms with Crippen molar-refractivity contribution < 1.29 is 4.42 Å². The molecule has 0 N–H and O–H groups in total. The predicted molar refractivity (Wildman–Crippen MR) is 267 cm³/mol. The molecule has 0 atom stereocenters. The fraction of sp³-hybridized carbons (Fsp3) is 0.0500. The summed E-state index contributed by atoms with van der Waals surface area (Å²) in [6.07, 6.45) is 0. The summed E-state index contributed by atoms with van der Waals surface area (Å²) in [6, 6.07) is 84.3. The van der Waals surface area contributed by atoms with Crippen LogP contribution in [0.1, 0.15) is 25.0 Å². The van der Waals surface area contributed by atoms with E-state index < -0.39 is 10.0 Å². The normalized spacial score (nSPS) is 13.2. The molecule has 3 nitrogen and oxygen atoms in total. The van der Waals surface area contributed by atoms with Gasteiger partial charge in [0.15, 0.2) is 5.58 Å². The standard InChI is InChI=1S/C60H44N2OS/c1-60(2)54-29-16-15-28-51(54)53-40-46(35-36-55(53)60)62(45-34-32-41-30-31-42-33-37-56-58(57(42)52(41)39-45)63-59(61-56)43-18-7-3-8-19-43)44-20-17-27-50(38-44)64(47-21-9-4-10-22-47,48-23-11-5-12-24-48)49-25-13-6-14-26-49/h3-40H,1-2H3. The lowest BCUT2D eigenvalue weighted by Crippen LogP contribution is -2.15. The van der Waals surface area contributed by atoms with Crippen LogP contribution in [0.15, 0.2) is 255 Å². The SMILES string of the molecule is CC1(C)c2ccccc2-c2cc(N(c3cccc(S(c4ccccc4)(c4ccccc4)c4ccccc4)c3)c3ccc4ccc5ccc6nc(-c7ccccc7)oc6c5c4c3)ccc21.